The van der Waals surface area contributed by atoms with Crippen LogP contribution < -0.4 is 5.73 Å². The van der Waals surface area contributed by atoms with Crippen molar-refractivity contribution in [3.05, 3.63) is 0 Å². The summed E-state index contributed by atoms with van der Waals surface area (Å²) < 4.78 is 25.7. The Kier molecular flexibility index (Phi) is 6.42. The highest BCUT2D eigenvalue weighted by Gasteiger charge is 2.33. The van der Waals surface area contributed by atoms with Gasteiger partial charge in [0.2, 0.25) is 15.9 Å². The summed E-state index contributed by atoms with van der Waals surface area (Å²) in [4.78, 5) is 14.0. The van der Waals surface area contributed by atoms with Gasteiger partial charge in [-0.05, 0) is 18.8 Å². The van der Waals surface area contributed by atoms with Crippen LogP contribution in [0.1, 0.15) is 33.6 Å². The van der Waals surface area contributed by atoms with E-state index < -0.39 is 15.8 Å². The Morgan fingerprint density at radius 1 is 1.35 bits per heavy atom. The topological polar surface area (TPSA) is 83.7 Å². The Morgan fingerprint density at radius 3 is 2.45 bits per heavy atom. The van der Waals surface area contributed by atoms with Gasteiger partial charge < -0.3 is 10.6 Å². The number of nitrogens with zero attached hydrogens (tertiary/aromatic N) is 2. The molecule has 0 bridgehead atoms. The first-order valence-electron chi connectivity index (χ1n) is 7.34. The third-order valence-electron chi connectivity index (χ3n) is 4.08. The zero-order valence-electron chi connectivity index (χ0n) is 12.7. The van der Waals surface area contributed by atoms with Crippen molar-refractivity contribution in [2.24, 2.45) is 11.7 Å². The van der Waals surface area contributed by atoms with Crippen molar-refractivity contribution < 1.29 is 13.2 Å². The van der Waals surface area contributed by atoms with E-state index in [1.165, 1.54) is 4.31 Å². The molecule has 7 heteroatoms. The molecule has 2 N–H and O–H groups in total. The molecule has 0 unspecified atom stereocenters. The van der Waals surface area contributed by atoms with Gasteiger partial charge in [0.25, 0.3) is 0 Å². The van der Waals surface area contributed by atoms with Crippen molar-refractivity contribution in [2.75, 3.05) is 31.9 Å². The predicted octanol–water partition coefficient (Wildman–Crippen LogP) is 0.244. The number of carbonyl (C=O) groups is 1. The maximum atomic E-state index is 12.3. The van der Waals surface area contributed by atoms with Gasteiger partial charge in [-0.25, -0.2) is 12.7 Å². The molecule has 0 aromatic carbocycles. The second kappa shape index (κ2) is 7.38. The van der Waals surface area contributed by atoms with Gasteiger partial charge >= 0.3 is 0 Å². The molecule has 1 fully saturated rings. The van der Waals surface area contributed by atoms with Gasteiger partial charge in [-0.3, -0.25) is 4.79 Å². The largest absolute Gasteiger partial charge is 0.337 e. The van der Waals surface area contributed by atoms with Crippen LogP contribution in [0.15, 0.2) is 0 Å². The lowest BCUT2D eigenvalue weighted by molar-refractivity contribution is -0.133. The average molecular weight is 305 g/mol. The summed E-state index contributed by atoms with van der Waals surface area (Å²) in [5, 5.41) is 0. The maximum Gasteiger partial charge on any atom is 0.239 e. The molecule has 118 valence electrons. The molecule has 0 spiro atoms. The van der Waals surface area contributed by atoms with E-state index in [2.05, 4.69) is 6.92 Å². The molecule has 0 aromatic heterocycles. The van der Waals surface area contributed by atoms with Gasteiger partial charge in [-0.2, -0.15) is 0 Å². The molecule has 20 heavy (non-hydrogen) atoms. The zero-order valence-corrected chi connectivity index (χ0v) is 13.5. The molecule has 0 radical (unpaired) electrons. The molecule has 2 atom stereocenters. The van der Waals surface area contributed by atoms with Crippen LogP contribution in [0.5, 0.6) is 0 Å². The quantitative estimate of drug-likeness (QED) is 0.762. The van der Waals surface area contributed by atoms with Gasteiger partial charge in [-0.1, -0.05) is 20.8 Å². The molecule has 0 aromatic rings. The number of carbonyl (C=O) groups excluding carboxylic acids is 1. The Hall–Kier alpha value is -0.660. The van der Waals surface area contributed by atoms with E-state index in [-0.39, 0.29) is 11.9 Å². The van der Waals surface area contributed by atoms with Gasteiger partial charge in [0.1, 0.15) is 5.75 Å². The Labute approximate surface area is 122 Å². The molecular weight excluding hydrogens is 278 g/mol. The third-order valence-corrected chi connectivity index (χ3v) is 6.00. The van der Waals surface area contributed by atoms with E-state index in [0.717, 1.165) is 12.8 Å². The fourth-order valence-corrected chi connectivity index (χ4v) is 4.31. The van der Waals surface area contributed by atoms with E-state index in [9.17, 15) is 13.2 Å². The second-order valence-corrected chi connectivity index (χ2v) is 7.32. The Morgan fingerprint density at radius 2 is 1.95 bits per heavy atom. The number of rotatable bonds is 6. The molecule has 0 aliphatic carbocycles. The lowest BCUT2D eigenvalue weighted by Gasteiger charge is -2.39. The fourth-order valence-electron chi connectivity index (χ4n) is 2.87. The Bertz CT molecular complexity index is 421. The molecule has 1 aliphatic rings. The molecule has 1 amide bonds. The third kappa shape index (κ3) is 3.93. The van der Waals surface area contributed by atoms with E-state index in [1.54, 1.807) is 18.7 Å². The summed E-state index contributed by atoms with van der Waals surface area (Å²) in [5.74, 6) is -0.439. The minimum absolute atomic E-state index is 0.0387. The predicted molar refractivity (Wildman–Crippen MR) is 79.7 cm³/mol. The summed E-state index contributed by atoms with van der Waals surface area (Å²) >= 11 is 0. The van der Waals surface area contributed by atoms with Gasteiger partial charge in [0.05, 0.1) is 0 Å². The highest BCUT2D eigenvalue weighted by Crippen LogP contribution is 2.23. The normalized spacial score (nSPS) is 24.1. The first kappa shape index (κ1) is 17.4. The first-order chi connectivity index (χ1) is 9.37. The van der Waals surface area contributed by atoms with Crippen LogP contribution in [0.4, 0.5) is 0 Å². The van der Waals surface area contributed by atoms with Gasteiger partial charge in [0.15, 0.2) is 0 Å². The summed E-state index contributed by atoms with van der Waals surface area (Å²) in [5.41, 5.74) is 5.74. The van der Waals surface area contributed by atoms with E-state index in [4.69, 9.17) is 5.73 Å². The molecule has 1 rings (SSSR count). The Balaban J connectivity index is 2.79. The SMILES string of the molecule is CCN(CC)S(=O)(=O)CC(=O)N1CCC[C@H](C)[C@@H]1CN. The molecular formula is C13H27N3O3S. The molecule has 6 nitrogen and oxygen atoms in total. The summed E-state index contributed by atoms with van der Waals surface area (Å²) in [6, 6.07) is -0.0387. The van der Waals surface area contributed by atoms with Crippen molar-refractivity contribution in [1.82, 2.24) is 9.21 Å². The maximum absolute atomic E-state index is 12.3. The second-order valence-electron chi connectivity index (χ2n) is 5.35. The van der Waals surface area contributed by atoms with Crippen LogP contribution in [-0.2, 0) is 14.8 Å². The average Bonchev–Trinajstić information content (AvgIpc) is 2.38. The van der Waals surface area contributed by atoms with E-state index in [0.29, 0.717) is 32.1 Å². The van der Waals surface area contributed by atoms with Crippen molar-refractivity contribution in [1.29, 1.82) is 0 Å². The van der Waals surface area contributed by atoms with E-state index in [1.807, 2.05) is 0 Å². The lowest BCUT2D eigenvalue weighted by Crippen LogP contribution is -2.53. The van der Waals surface area contributed by atoms with Crippen molar-refractivity contribution in [3.8, 4) is 0 Å². The number of likely N-dealkylation sites (tertiary alicyclic amines) is 1. The number of hydrogen-bond donors (Lipinski definition) is 1. The smallest absolute Gasteiger partial charge is 0.239 e. The highest BCUT2D eigenvalue weighted by atomic mass is 32.2. The number of amides is 1. The van der Waals surface area contributed by atoms with Crippen LogP contribution in [0.3, 0.4) is 0 Å². The van der Waals surface area contributed by atoms with E-state index >= 15 is 0 Å². The van der Waals surface area contributed by atoms with Crippen molar-refractivity contribution in [2.45, 2.75) is 39.7 Å². The van der Waals surface area contributed by atoms with Crippen LogP contribution in [0, 0.1) is 5.92 Å². The summed E-state index contributed by atoms with van der Waals surface area (Å²) in [6.07, 6.45) is 1.95. The monoisotopic (exact) mass is 305 g/mol. The molecule has 1 aliphatic heterocycles. The molecule has 1 saturated heterocycles. The van der Waals surface area contributed by atoms with Crippen LogP contribution in [-0.4, -0.2) is 61.5 Å². The summed E-state index contributed by atoms with van der Waals surface area (Å²) in [6.45, 7) is 7.40. The number of piperidine rings is 1. The van der Waals surface area contributed by atoms with Crippen LogP contribution >= 0.6 is 0 Å². The van der Waals surface area contributed by atoms with Crippen molar-refractivity contribution >= 4 is 15.9 Å². The standard InChI is InChI=1S/C13H27N3O3S/c1-4-15(5-2)20(18,19)10-13(17)16-8-6-7-11(3)12(16)9-14/h11-12H,4-10,14H2,1-3H3/t11-,12-/m0/s1. The minimum atomic E-state index is -3.52. The first-order valence-corrected chi connectivity index (χ1v) is 8.95. The van der Waals surface area contributed by atoms with Gasteiger partial charge in [-0.15, -0.1) is 0 Å². The molecule has 0 saturated carbocycles. The van der Waals surface area contributed by atoms with Crippen LogP contribution in [0.2, 0.25) is 0 Å². The summed E-state index contributed by atoms with van der Waals surface area (Å²) in [7, 11) is -3.52. The van der Waals surface area contributed by atoms with Crippen molar-refractivity contribution in [3.63, 3.8) is 0 Å². The molecule has 1 heterocycles. The minimum Gasteiger partial charge on any atom is -0.337 e. The fraction of sp³-hybridized carbons (Fsp3) is 0.923. The lowest BCUT2D eigenvalue weighted by atomic mass is 9.91. The number of hydrogen-bond acceptors (Lipinski definition) is 4. The number of nitrogens with two attached hydrogens (primary N) is 1. The van der Waals surface area contributed by atoms with Gasteiger partial charge in [0, 0.05) is 32.2 Å². The zero-order chi connectivity index (χ0) is 15.3. The number of sulfonamides is 1. The highest BCUT2D eigenvalue weighted by molar-refractivity contribution is 7.89. The van der Waals surface area contributed by atoms with Crippen LogP contribution in [0.25, 0.3) is 0 Å².